The number of sulfonamides is 1. The van der Waals surface area contributed by atoms with Crippen LogP contribution in [-0.2, 0) is 39.0 Å². The summed E-state index contributed by atoms with van der Waals surface area (Å²) in [6, 6.07) is 22.7. The Morgan fingerprint density at radius 2 is 1.60 bits per heavy atom. The second kappa shape index (κ2) is 14.8. The summed E-state index contributed by atoms with van der Waals surface area (Å²) < 4.78 is 29.0. The fraction of sp³-hybridized carbons (Fsp3) is 0.250. The average molecular weight is 635 g/mol. The summed E-state index contributed by atoms with van der Waals surface area (Å²) >= 11 is 0. The second-order valence-electron chi connectivity index (χ2n) is 10.4. The standard InChI is InChI=1S/C32H34N4O8S/c1-2-8-24-18-27(31(40)33-26(30(39)32(41)42)17-21-9-4-3-5-10-21)34-36(24)19-22-13-15-23(16-14-22)25-11-6-7-12-28(25)45(43,44)35-29(38)20-37/h3-7,9-16,18,26,30,37,39H,2,8,17,19-20H2,1H3,(H,33,40)(H,35,38)(H,41,42). The molecular weight excluding hydrogens is 600 g/mol. The third-order valence-corrected chi connectivity index (χ3v) is 8.45. The first-order valence-corrected chi connectivity index (χ1v) is 15.7. The van der Waals surface area contributed by atoms with E-state index in [-0.39, 0.29) is 17.0 Å². The van der Waals surface area contributed by atoms with E-state index in [9.17, 15) is 33.0 Å². The van der Waals surface area contributed by atoms with Crippen molar-refractivity contribution in [3.05, 3.63) is 107 Å². The minimum absolute atomic E-state index is 0.0785. The van der Waals surface area contributed by atoms with Crippen molar-refractivity contribution >= 4 is 27.8 Å². The van der Waals surface area contributed by atoms with Gasteiger partial charge in [0.1, 0.15) is 12.3 Å². The van der Waals surface area contributed by atoms with Crippen LogP contribution in [0.3, 0.4) is 0 Å². The van der Waals surface area contributed by atoms with E-state index in [1.807, 2.05) is 17.7 Å². The number of carboxylic acids is 1. The Bertz CT molecular complexity index is 1760. The summed E-state index contributed by atoms with van der Waals surface area (Å²) in [5.74, 6) is -3.11. The predicted molar refractivity (Wildman–Crippen MR) is 165 cm³/mol. The zero-order valence-electron chi connectivity index (χ0n) is 24.5. The van der Waals surface area contributed by atoms with Crippen molar-refractivity contribution in [3.8, 4) is 11.1 Å². The molecule has 0 saturated heterocycles. The van der Waals surface area contributed by atoms with Crippen molar-refractivity contribution in [1.82, 2.24) is 19.8 Å². The van der Waals surface area contributed by atoms with Crippen LogP contribution >= 0.6 is 0 Å². The Hall–Kier alpha value is -4.85. The van der Waals surface area contributed by atoms with Gasteiger partial charge in [-0.1, -0.05) is 86.1 Å². The van der Waals surface area contributed by atoms with Crippen molar-refractivity contribution in [2.24, 2.45) is 0 Å². The average Bonchev–Trinajstić information content (AvgIpc) is 3.43. The zero-order chi connectivity index (χ0) is 32.6. The summed E-state index contributed by atoms with van der Waals surface area (Å²) in [5, 5.41) is 35.8. The highest BCUT2D eigenvalue weighted by molar-refractivity contribution is 7.90. The molecule has 0 aliphatic carbocycles. The van der Waals surface area contributed by atoms with Crippen LogP contribution in [0.15, 0.2) is 89.8 Å². The quantitative estimate of drug-likeness (QED) is 0.138. The lowest BCUT2D eigenvalue weighted by Gasteiger charge is -2.21. The molecule has 5 N–H and O–H groups in total. The van der Waals surface area contributed by atoms with E-state index in [0.29, 0.717) is 24.1 Å². The Morgan fingerprint density at radius 3 is 2.24 bits per heavy atom. The molecule has 0 saturated carbocycles. The number of rotatable bonds is 14. The molecule has 13 heteroatoms. The van der Waals surface area contributed by atoms with Crippen molar-refractivity contribution < 1.29 is 38.1 Å². The van der Waals surface area contributed by atoms with Gasteiger partial charge in [0.2, 0.25) is 0 Å². The molecule has 0 spiro atoms. The highest BCUT2D eigenvalue weighted by Crippen LogP contribution is 2.28. The summed E-state index contributed by atoms with van der Waals surface area (Å²) in [7, 11) is -4.22. The number of aliphatic carboxylic acids is 1. The molecule has 0 aliphatic rings. The van der Waals surface area contributed by atoms with E-state index in [1.165, 1.54) is 12.1 Å². The first-order valence-electron chi connectivity index (χ1n) is 14.2. The molecule has 4 aromatic rings. The fourth-order valence-electron chi connectivity index (χ4n) is 4.82. The van der Waals surface area contributed by atoms with E-state index in [4.69, 9.17) is 5.11 Å². The maximum absolute atomic E-state index is 13.2. The van der Waals surface area contributed by atoms with E-state index >= 15 is 0 Å². The van der Waals surface area contributed by atoms with Crippen molar-refractivity contribution in [3.63, 3.8) is 0 Å². The molecule has 2 atom stereocenters. The fourth-order valence-corrected chi connectivity index (χ4v) is 6.03. The van der Waals surface area contributed by atoms with Gasteiger partial charge in [-0.3, -0.25) is 14.3 Å². The first kappa shape index (κ1) is 33.1. The molecule has 0 bridgehead atoms. The summed E-state index contributed by atoms with van der Waals surface area (Å²) in [6.45, 7) is 1.31. The van der Waals surface area contributed by atoms with E-state index < -0.39 is 46.6 Å². The molecule has 0 fully saturated rings. The van der Waals surface area contributed by atoms with Crippen LogP contribution in [-0.4, -0.2) is 70.1 Å². The second-order valence-corrected chi connectivity index (χ2v) is 12.0. The SMILES string of the molecule is CCCc1cc(C(=O)NC(Cc2ccccc2)C(O)C(=O)O)nn1Cc1ccc(-c2ccccc2S(=O)(=O)NC(=O)CO)cc1. The van der Waals surface area contributed by atoms with Crippen LogP contribution in [0, 0.1) is 0 Å². The van der Waals surface area contributed by atoms with Gasteiger partial charge in [-0.25, -0.2) is 17.9 Å². The Labute approximate surface area is 260 Å². The number of hydrogen-bond donors (Lipinski definition) is 5. The van der Waals surface area contributed by atoms with Gasteiger partial charge in [-0.2, -0.15) is 5.10 Å². The third-order valence-electron chi connectivity index (χ3n) is 7.02. The number of hydrogen-bond acceptors (Lipinski definition) is 8. The number of aromatic nitrogens is 2. The number of amides is 2. The van der Waals surface area contributed by atoms with E-state index in [0.717, 1.165) is 23.2 Å². The van der Waals surface area contributed by atoms with Gasteiger partial charge >= 0.3 is 5.97 Å². The van der Waals surface area contributed by atoms with Crippen LogP contribution in [0.2, 0.25) is 0 Å². The zero-order valence-corrected chi connectivity index (χ0v) is 25.3. The molecule has 0 aliphatic heterocycles. The summed E-state index contributed by atoms with van der Waals surface area (Å²) in [4.78, 5) is 36.2. The van der Waals surface area contributed by atoms with Crippen molar-refractivity contribution in [1.29, 1.82) is 0 Å². The van der Waals surface area contributed by atoms with Crippen LogP contribution in [0.25, 0.3) is 11.1 Å². The number of aryl methyl sites for hydroxylation is 1. The third kappa shape index (κ3) is 8.41. The normalized spacial score (nSPS) is 12.7. The van der Waals surface area contributed by atoms with Crippen LogP contribution < -0.4 is 10.0 Å². The minimum Gasteiger partial charge on any atom is -0.479 e. The first-order chi connectivity index (χ1) is 21.5. The summed E-state index contributed by atoms with van der Waals surface area (Å²) in [5.41, 5.74) is 3.35. The Balaban J connectivity index is 1.55. The Morgan fingerprint density at radius 1 is 0.933 bits per heavy atom. The Kier molecular flexibility index (Phi) is 10.8. The molecule has 3 aromatic carbocycles. The molecule has 1 heterocycles. The van der Waals surface area contributed by atoms with E-state index in [2.05, 4.69) is 10.4 Å². The number of carbonyl (C=O) groups is 3. The number of carboxylic acid groups (broad SMARTS) is 1. The molecule has 236 valence electrons. The highest BCUT2D eigenvalue weighted by atomic mass is 32.2. The topological polar surface area (TPSA) is 188 Å². The van der Waals surface area contributed by atoms with Gasteiger partial charge in [-0.05, 0) is 41.7 Å². The molecule has 4 rings (SSSR count). The number of aliphatic hydroxyl groups is 2. The molecule has 1 aromatic heterocycles. The van der Waals surface area contributed by atoms with Gasteiger partial charge in [-0.15, -0.1) is 0 Å². The number of benzene rings is 3. The molecular formula is C32H34N4O8S. The largest absolute Gasteiger partial charge is 0.479 e. The molecule has 2 amide bonds. The van der Waals surface area contributed by atoms with Gasteiger partial charge in [0, 0.05) is 11.3 Å². The number of nitrogens with zero attached hydrogens (tertiary/aromatic N) is 2. The number of nitrogens with one attached hydrogen (secondary N) is 2. The van der Waals surface area contributed by atoms with Crippen LogP contribution in [0.5, 0.6) is 0 Å². The maximum Gasteiger partial charge on any atom is 0.334 e. The molecule has 12 nitrogen and oxygen atoms in total. The number of carbonyl (C=O) groups excluding carboxylic acids is 2. The molecule has 2 unspecified atom stereocenters. The highest BCUT2D eigenvalue weighted by Gasteiger charge is 2.29. The molecule has 45 heavy (non-hydrogen) atoms. The predicted octanol–water partition coefficient (Wildman–Crippen LogP) is 2.13. The lowest BCUT2D eigenvalue weighted by molar-refractivity contribution is -0.148. The smallest absolute Gasteiger partial charge is 0.334 e. The summed E-state index contributed by atoms with van der Waals surface area (Å²) in [6.07, 6.45) is -0.324. The lowest BCUT2D eigenvalue weighted by atomic mass is 10.0. The van der Waals surface area contributed by atoms with Crippen molar-refractivity contribution in [2.75, 3.05) is 6.61 Å². The monoisotopic (exact) mass is 634 g/mol. The number of aliphatic hydroxyl groups excluding tert-OH is 2. The minimum atomic E-state index is -4.22. The van der Waals surface area contributed by atoms with Crippen LogP contribution in [0.1, 0.15) is 40.7 Å². The van der Waals surface area contributed by atoms with E-state index in [1.54, 1.807) is 71.4 Å². The molecule has 0 radical (unpaired) electrons. The van der Waals surface area contributed by atoms with Gasteiger partial charge < -0.3 is 20.6 Å². The lowest BCUT2D eigenvalue weighted by Crippen LogP contribution is -2.48. The van der Waals surface area contributed by atoms with Gasteiger partial charge in [0.15, 0.2) is 6.10 Å². The van der Waals surface area contributed by atoms with Crippen LogP contribution in [0.4, 0.5) is 0 Å². The van der Waals surface area contributed by atoms with Gasteiger partial charge in [0.25, 0.3) is 21.8 Å². The van der Waals surface area contributed by atoms with Gasteiger partial charge in [0.05, 0.1) is 17.5 Å². The van der Waals surface area contributed by atoms with Crippen molar-refractivity contribution in [2.45, 2.75) is 49.8 Å². The maximum atomic E-state index is 13.2.